The quantitative estimate of drug-likeness (QED) is 0.246. The van der Waals surface area contributed by atoms with Gasteiger partial charge in [-0.1, -0.05) is 23.7 Å². The van der Waals surface area contributed by atoms with Crippen LogP contribution in [0, 0.1) is 11.7 Å². The number of hydrogen-bond acceptors (Lipinski definition) is 6. The third-order valence-electron chi connectivity index (χ3n) is 8.44. The summed E-state index contributed by atoms with van der Waals surface area (Å²) in [5, 5.41) is 2.96. The first kappa shape index (κ1) is 30.4. The zero-order valence-electron chi connectivity index (χ0n) is 24.2. The second-order valence-electron chi connectivity index (χ2n) is 11.4. The van der Waals surface area contributed by atoms with E-state index in [1.54, 1.807) is 30.3 Å². The number of pyridine rings is 1. The fraction of sp³-hybridized carbons (Fsp3) is 0.406. The average molecular weight is 628 g/mol. The molecule has 2 aromatic heterocycles. The topological polar surface area (TPSA) is 81.5 Å². The molecule has 0 saturated carbocycles. The molecule has 2 aliphatic heterocycles. The molecule has 1 amide bonds. The van der Waals surface area contributed by atoms with Crippen molar-refractivity contribution in [3.05, 3.63) is 82.5 Å². The summed E-state index contributed by atoms with van der Waals surface area (Å²) in [6, 6.07) is 15.4. The summed E-state index contributed by atoms with van der Waals surface area (Å²) in [7, 11) is 1.95. The summed E-state index contributed by atoms with van der Waals surface area (Å²) in [5.74, 6) is -4.17. The summed E-state index contributed by atoms with van der Waals surface area (Å²) < 4.78 is 55.5. The van der Waals surface area contributed by atoms with Crippen LogP contribution < -0.4 is 10.1 Å². The zero-order valence-corrected chi connectivity index (χ0v) is 25.0. The van der Waals surface area contributed by atoms with Gasteiger partial charge in [-0.2, -0.15) is 0 Å². The Morgan fingerprint density at radius 2 is 1.95 bits per heavy atom. The van der Waals surface area contributed by atoms with Crippen molar-refractivity contribution in [1.82, 2.24) is 19.4 Å². The van der Waals surface area contributed by atoms with E-state index in [9.17, 15) is 18.0 Å². The van der Waals surface area contributed by atoms with Crippen molar-refractivity contribution in [1.29, 1.82) is 0 Å². The van der Waals surface area contributed by atoms with Gasteiger partial charge in [-0.05, 0) is 62.3 Å². The number of carbonyl (C=O) groups excluding carboxylic acids is 1. The smallest absolute Gasteiger partial charge is 0.264 e. The van der Waals surface area contributed by atoms with Crippen LogP contribution in [0.15, 0.2) is 54.6 Å². The number of carbonyl (C=O) groups is 1. The Morgan fingerprint density at radius 3 is 2.73 bits per heavy atom. The van der Waals surface area contributed by atoms with E-state index >= 15 is 0 Å². The van der Waals surface area contributed by atoms with E-state index in [1.807, 2.05) is 29.8 Å². The van der Waals surface area contributed by atoms with Crippen molar-refractivity contribution in [2.24, 2.45) is 13.0 Å². The van der Waals surface area contributed by atoms with E-state index in [1.165, 1.54) is 6.07 Å². The molecule has 2 aliphatic rings. The molecular weight excluding hydrogens is 595 g/mol. The van der Waals surface area contributed by atoms with Gasteiger partial charge in [0, 0.05) is 47.4 Å². The number of ether oxygens (including phenoxy) is 2. The molecule has 6 rings (SSSR count). The Morgan fingerprint density at radius 1 is 1.14 bits per heavy atom. The number of hydrogen-bond donors (Lipinski definition) is 1. The molecule has 4 heterocycles. The van der Waals surface area contributed by atoms with Gasteiger partial charge in [0.2, 0.25) is 11.8 Å². The zero-order chi connectivity index (χ0) is 30.8. The Labute approximate surface area is 258 Å². The van der Waals surface area contributed by atoms with Crippen LogP contribution >= 0.6 is 11.6 Å². The molecule has 0 spiro atoms. The number of anilines is 1. The Kier molecular flexibility index (Phi) is 8.80. The van der Waals surface area contributed by atoms with Gasteiger partial charge in [0.15, 0.2) is 0 Å². The number of alkyl halides is 2. The van der Waals surface area contributed by atoms with Crippen molar-refractivity contribution in [2.75, 3.05) is 31.6 Å². The van der Waals surface area contributed by atoms with E-state index in [-0.39, 0.29) is 25.7 Å². The molecule has 4 aromatic rings. The van der Waals surface area contributed by atoms with Gasteiger partial charge < -0.3 is 19.4 Å². The lowest BCUT2D eigenvalue weighted by atomic mass is 9.93. The van der Waals surface area contributed by atoms with Gasteiger partial charge in [0.05, 0.1) is 30.8 Å². The molecule has 2 fully saturated rings. The number of piperidine rings is 1. The van der Waals surface area contributed by atoms with Crippen molar-refractivity contribution in [3.63, 3.8) is 0 Å². The van der Waals surface area contributed by atoms with Crippen LogP contribution in [0.1, 0.15) is 42.3 Å². The molecule has 8 nitrogen and oxygen atoms in total. The number of nitrogens with one attached hydrogen (secondary N) is 1. The molecule has 2 aromatic carbocycles. The van der Waals surface area contributed by atoms with Crippen molar-refractivity contribution >= 4 is 34.2 Å². The van der Waals surface area contributed by atoms with Gasteiger partial charge in [-0.3, -0.25) is 9.69 Å². The first-order valence-electron chi connectivity index (χ1n) is 14.6. The number of aromatic nitrogens is 3. The Hall–Kier alpha value is -3.67. The number of halogens is 4. The lowest BCUT2D eigenvalue weighted by Gasteiger charge is -2.31. The molecule has 44 heavy (non-hydrogen) atoms. The number of amides is 1. The van der Waals surface area contributed by atoms with Gasteiger partial charge in [0.25, 0.3) is 5.92 Å². The summed E-state index contributed by atoms with van der Waals surface area (Å²) in [4.78, 5) is 24.4. The third kappa shape index (κ3) is 6.69. The van der Waals surface area contributed by atoms with Gasteiger partial charge in [0.1, 0.15) is 24.2 Å². The molecule has 0 aliphatic carbocycles. The number of rotatable bonds is 8. The number of imidazole rings is 1. The van der Waals surface area contributed by atoms with Crippen LogP contribution in [0.4, 0.5) is 18.9 Å². The maximum absolute atomic E-state index is 14.2. The first-order chi connectivity index (χ1) is 21.2. The molecule has 1 unspecified atom stereocenters. The van der Waals surface area contributed by atoms with Crippen LogP contribution in [0.5, 0.6) is 5.88 Å². The van der Waals surface area contributed by atoms with E-state index in [0.717, 1.165) is 43.0 Å². The number of likely N-dealkylation sites (tertiary alicyclic amines) is 1. The minimum atomic E-state index is -3.09. The molecular formula is C32H33ClF3N5O3. The second kappa shape index (κ2) is 12.7. The number of benzene rings is 2. The standard InChI is InChI=1S/C32H33ClF3N5O3/c1-40-28-8-7-23(37-31(42)24-19-43-14-11-32(24,35)36)16-27(28)38-29(40)17-41-12-9-20(10-13-41)26-3-2-4-30(39-26)44-18-21-5-6-22(33)15-25(21)34/h2-8,15-16,20,24H,9-14,17-19H2,1H3,(H,37,42). The SMILES string of the molecule is Cn1c(CN2CCC(c3cccc(OCc4ccc(Cl)cc4F)n3)CC2)nc2cc(NC(=O)C3COCCC3(F)F)ccc21. The lowest BCUT2D eigenvalue weighted by Crippen LogP contribution is -2.45. The lowest BCUT2D eigenvalue weighted by molar-refractivity contribution is -0.159. The predicted molar refractivity (Wildman–Crippen MR) is 160 cm³/mol. The number of aryl methyl sites for hydroxylation is 1. The molecule has 232 valence electrons. The molecule has 1 atom stereocenters. The first-order valence-corrected chi connectivity index (χ1v) is 15.0. The minimum Gasteiger partial charge on any atom is -0.473 e. The van der Waals surface area contributed by atoms with Crippen molar-refractivity contribution in [2.45, 2.75) is 44.3 Å². The van der Waals surface area contributed by atoms with Crippen LogP contribution in [0.3, 0.4) is 0 Å². The van der Waals surface area contributed by atoms with Gasteiger partial charge in [-0.25, -0.2) is 23.1 Å². The highest BCUT2D eigenvalue weighted by molar-refractivity contribution is 6.30. The van der Waals surface area contributed by atoms with Crippen molar-refractivity contribution < 1.29 is 27.4 Å². The maximum Gasteiger partial charge on any atom is 0.264 e. The van der Waals surface area contributed by atoms with Crippen LogP contribution in [-0.2, 0) is 29.7 Å². The molecule has 2 saturated heterocycles. The fourth-order valence-electron chi connectivity index (χ4n) is 5.79. The normalized spacial score (nSPS) is 19.2. The van der Waals surface area contributed by atoms with E-state index < -0.39 is 30.0 Å². The van der Waals surface area contributed by atoms with Crippen molar-refractivity contribution in [3.8, 4) is 5.88 Å². The second-order valence-corrected chi connectivity index (χ2v) is 11.8. The van der Waals surface area contributed by atoms with E-state index in [0.29, 0.717) is 34.2 Å². The number of nitrogens with zero attached hydrogens (tertiary/aromatic N) is 4. The highest BCUT2D eigenvalue weighted by Gasteiger charge is 2.46. The predicted octanol–water partition coefficient (Wildman–Crippen LogP) is 6.33. The third-order valence-corrected chi connectivity index (χ3v) is 8.67. The highest BCUT2D eigenvalue weighted by atomic mass is 35.5. The fourth-order valence-corrected chi connectivity index (χ4v) is 5.95. The van der Waals surface area contributed by atoms with Crippen LogP contribution in [0.2, 0.25) is 5.02 Å². The minimum absolute atomic E-state index is 0.0503. The molecule has 0 radical (unpaired) electrons. The van der Waals surface area contributed by atoms with E-state index in [2.05, 4.69) is 10.2 Å². The van der Waals surface area contributed by atoms with Gasteiger partial charge >= 0.3 is 0 Å². The van der Waals surface area contributed by atoms with Crippen LogP contribution in [-0.4, -0.2) is 57.6 Å². The number of fused-ring (bicyclic) bond motifs is 1. The van der Waals surface area contributed by atoms with Gasteiger partial charge in [-0.15, -0.1) is 0 Å². The monoisotopic (exact) mass is 627 g/mol. The largest absolute Gasteiger partial charge is 0.473 e. The Bertz CT molecular complexity index is 1660. The summed E-state index contributed by atoms with van der Waals surface area (Å²) >= 11 is 5.84. The average Bonchev–Trinajstić information content (AvgIpc) is 3.30. The summed E-state index contributed by atoms with van der Waals surface area (Å²) in [6.45, 7) is 2.08. The molecule has 12 heteroatoms. The summed E-state index contributed by atoms with van der Waals surface area (Å²) in [6.07, 6.45) is 1.37. The maximum atomic E-state index is 14.2. The van der Waals surface area contributed by atoms with E-state index in [4.69, 9.17) is 31.0 Å². The summed E-state index contributed by atoms with van der Waals surface area (Å²) in [5.41, 5.74) is 3.36. The molecule has 1 N–H and O–H groups in total. The molecule has 0 bridgehead atoms. The Balaban J connectivity index is 1.05. The van der Waals surface area contributed by atoms with Crippen LogP contribution in [0.25, 0.3) is 11.0 Å². The highest BCUT2D eigenvalue weighted by Crippen LogP contribution is 2.34.